The number of hydrogen-bond acceptors (Lipinski definition) is 5. The van der Waals surface area contributed by atoms with Crippen molar-refractivity contribution in [1.82, 2.24) is 5.16 Å². The third kappa shape index (κ3) is 2.24. The van der Waals surface area contributed by atoms with E-state index in [9.17, 15) is 8.42 Å². The quantitative estimate of drug-likeness (QED) is 0.918. The van der Waals surface area contributed by atoms with Crippen LogP contribution >= 0.6 is 0 Å². The van der Waals surface area contributed by atoms with Crippen LogP contribution < -0.4 is 5.73 Å². The van der Waals surface area contributed by atoms with Gasteiger partial charge in [0.1, 0.15) is 5.25 Å². The predicted octanol–water partition coefficient (Wildman–Crippen LogP) is 2.03. The maximum Gasteiger partial charge on any atom is 0.175 e. The molecule has 0 aliphatic carbocycles. The summed E-state index contributed by atoms with van der Waals surface area (Å²) in [4.78, 5) is 0. The largest absolute Gasteiger partial charge is 0.380 e. The van der Waals surface area contributed by atoms with Crippen LogP contribution in [0.3, 0.4) is 0 Å². The van der Waals surface area contributed by atoms with Crippen LogP contribution in [0.1, 0.15) is 17.9 Å². The van der Waals surface area contributed by atoms with Crippen LogP contribution in [-0.4, -0.2) is 19.8 Å². The summed E-state index contributed by atoms with van der Waals surface area (Å²) in [5, 5.41) is 2.89. The van der Waals surface area contributed by atoms with E-state index < -0.39 is 15.1 Å². The molecule has 6 heteroatoms. The standard InChI is InChI=1S/C12H14N2O3S/c1-8(18(2,15)16)11-10(12(13)14-17-11)9-6-4-3-5-7-9/h3-8H,1-2H3,(H2,13,14). The molecular weight excluding hydrogens is 252 g/mol. The van der Waals surface area contributed by atoms with E-state index in [1.165, 1.54) is 0 Å². The zero-order chi connectivity index (χ0) is 13.3. The fourth-order valence-electron chi connectivity index (χ4n) is 1.68. The molecule has 0 saturated heterocycles. The summed E-state index contributed by atoms with van der Waals surface area (Å²) in [5.74, 6) is 0.480. The highest BCUT2D eigenvalue weighted by Crippen LogP contribution is 2.35. The van der Waals surface area contributed by atoms with Gasteiger partial charge in [-0.15, -0.1) is 0 Å². The van der Waals surface area contributed by atoms with Crippen LogP contribution in [-0.2, 0) is 9.84 Å². The molecule has 2 N–H and O–H groups in total. The Labute approximate surface area is 106 Å². The van der Waals surface area contributed by atoms with Crippen molar-refractivity contribution in [2.75, 3.05) is 12.0 Å². The Balaban J connectivity index is 2.60. The van der Waals surface area contributed by atoms with E-state index >= 15 is 0 Å². The van der Waals surface area contributed by atoms with Gasteiger partial charge in [0, 0.05) is 6.26 Å². The number of hydrogen-bond donors (Lipinski definition) is 1. The topological polar surface area (TPSA) is 86.2 Å². The van der Waals surface area contributed by atoms with Crippen molar-refractivity contribution in [2.24, 2.45) is 0 Å². The van der Waals surface area contributed by atoms with E-state index in [2.05, 4.69) is 5.16 Å². The lowest BCUT2D eigenvalue weighted by Gasteiger charge is -2.08. The molecule has 1 unspecified atom stereocenters. The summed E-state index contributed by atoms with van der Waals surface area (Å²) in [5.41, 5.74) is 7.10. The van der Waals surface area contributed by atoms with Gasteiger partial charge in [-0.3, -0.25) is 0 Å². The molecule has 5 nitrogen and oxygen atoms in total. The highest BCUT2D eigenvalue weighted by molar-refractivity contribution is 7.90. The molecule has 2 aromatic rings. The maximum absolute atomic E-state index is 11.6. The van der Waals surface area contributed by atoms with E-state index in [4.69, 9.17) is 10.3 Å². The second kappa shape index (κ2) is 4.45. The molecule has 0 aliphatic heterocycles. The molecule has 18 heavy (non-hydrogen) atoms. The summed E-state index contributed by atoms with van der Waals surface area (Å²) in [6.45, 7) is 1.56. The first kappa shape index (κ1) is 12.6. The minimum absolute atomic E-state index is 0.201. The fourth-order valence-corrected chi connectivity index (χ4v) is 2.23. The average Bonchev–Trinajstić information content (AvgIpc) is 2.70. The van der Waals surface area contributed by atoms with Gasteiger partial charge in [-0.25, -0.2) is 8.42 Å². The van der Waals surface area contributed by atoms with Crippen LogP contribution in [0.15, 0.2) is 34.9 Å². The molecule has 0 saturated carbocycles. The Hall–Kier alpha value is -1.82. The summed E-state index contributed by atoms with van der Waals surface area (Å²) in [6.07, 6.45) is 1.16. The molecule has 96 valence electrons. The van der Waals surface area contributed by atoms with E-state index in [-0.39, 0.29) is 11.6 Å². The monoisotopic (exact) mass is 266 g/mol. The van der Waals surface area contributed by atoms with Gasteiger partial charge in [0.05, 0.1) is 5.56 Å². The maximum atomic E-state index is 11.6. The second-order valence-electron chi connectivity index (χ2n) is 4.14. The molecule has 1 atom stereocenters. The SMILES string of the molecule is CC(c1onc(N)c1-c1ccccc1)S(C)(=O)=O. The number of benzene rings is 1. The highest BCUT2D eigenvalue weighted by atomic mass is 32.2. The van der Waals surface area contributed by atoms with E-state index in [1.807, 2.05) is 30.3 Å². The molecule has 0 fully saturated rings. The van der Waals surface area contributed by atoms with Crippen molar-refractivity contribution in [3.8, 4) is 11.1 Å². The lowest BCUT2D eigenvalue weighted by atomic mass is 10.0. The molecule has 0 bridgehead atoms. The van der Waals surface area contributed by atoms with Gasteiger partial charge in [0.2, 0.25) is 0 Å². The van der Waals surface area contributed by atoms with Gasteiger partial charge in [-0.2, -0.15) is 0 Å². The number of nitrogen functional groups attached to an aromatic ring is 1. The van der Waals surface area contributed by atoms with Crippen LogP contribution in [0.4, 0.5) is 5.82 Å². The molecule has 2 rings (SSSR count). The number of nitrogens with two attached hydrogens (primary N) is 1. The van der Waals surface area contributed by atoms with Gasteiger partial charge in [-0.1, -0.05) is 35.5 Å². The average molecular weight is 266 g/mol. The predicted molar refractivity (Wildman–Crippen MR) is 69.6 cm³/mol. The molecular formula is C12H14N2O3S. The van der Waals surface area contributed by atoms with E-state index in [0.717, 1.165) is 11.8 Å². The first-order valence-corrected chi connectivity index (χ1v) is 7.36. The van der Waals surface area contributed by atoms with Gasteiger partial charge >= 0.3 is 0 Å². The lowest BCUT2D eigenvalue weighted by molar-refractivity contribution is 0.385. The summed E-state index contributed by atoms with van der Waals surface area (Å²) in [6, 6.07) is 9.23. The highest BCUT2D eigenvalue weighted by Gasteiger charge is 2.27. The van der Waals surface area contributed by atoms with Crippen molar-refractivity contribution in [3.63, 3.8) is 0 Å². The Kier molecular flexibility index (Phi) is 3.13. The molecule has 0 radical (unpaired) electrons. The number of sulfone groups is 1. The van der Waals surface area contributed by atoms with Crippen molar-refractivity contribution in [1.29, 1.82) is 0 Å². The molecule has 1 heterocycles. The number of rotatable bonds is 3. The van der Waals surface area contributed by atoms with Crippen LogP contribution in [0.5, 0.6) is 0 Å². The number of anilines is 1. The first-order valence-electron chi connectivity index (χ1n) is 5.40. The summed E-state index contributed by atoms with van der Waals surface area (Å²) >= 11 is 0. The van der Waals surface area contributed by atoms with Gasteiger partial charge in [0.25, 0.3) is 0 Å². The van der Waals surface area contributed by atoms with Gasteiger partial charge < -0.3 is 10.3 Å². The fraction of sp³-hybridized carbons (Fsp3) is 0.250. The zero-order valence-corrected chi connectivity index (χ0v) is 10.9. The Morgan fingerprint density at radius 1 is 1.28 bits per heavy atom. The number of nitrogens with zero attached hydrogens (tertiary/aromatic N) is 1. The first-order chi connectivity index (χ1) is 8.41. The second-order valence-corrected chi connectivity index (χ2v) is 6.51. The Bertz CT molecular complexity index is 647. The minimum Gasteiger partial charge on any atom is -0.380 e. The van der Waals surface area contributed by atoms with E-state index in [0.29, 0.717) is 5.56 Å². The molecule has 0 spiro atoms. The zero-order valence-electron chi connectivity index (χ0n) is 10.1. The van der Waals surface area contributed by atoms with Crippen molar-refractivity contribution in [3.05, 3.63) is 36.1 Å². The normalized spacial score (nSPS) is 13.4. The van der Waals surface area contributed by atoms with Crippen molar-refractivity contribution < 1.29 is 12.9 Å². The van der Waals surface area contributed by atoms with Crippen molar-refractivity contribution in [2.45, 2.75) is 12.2 Å². The Morgan fingerprint density at radius 3 is 2.44 bits per heavy atom. The molecule has 0 aliphatic rings. The van der Waals surface area contributed by atoms with Gasteiger partial charge in [0.15, 0.2) is 21.4 Å². The minimum atomic E-state index is -3.26. The third-order valence-electron chi connectivity index (χ3n) is 2.82. The van der Waals surface area contributed by atoms with Gasteiger partial charge in [-0.05, 0) is 12.5 Å². The number of aromatic nitrogens is 1. The molecule has 0 amide bonds. The third-order valence-corrected chi connectivity index (χ3v) is 4.32. The Morgan fingerprint density at radius 2 is 1.89 bits per heavy atom. The van der Waals surface area contributed by atoms with Crippen LogP contribution in [0, 0.1) is 0 Å². The smallest absolute Gasteiger partial charge is 0.175 e. The summed E-state index contributed by atoms with van der Waals surface area (Å²) in [7, 11) is -3.26. The summed E-state index contributed by atoms with van der Waals surface area (Å²) < 4.78 is 28.3. The van der Waals surface area contributed by atoms with Crippen molar-refractivity contribution >= 4 is 15.7 Å². The molecule has 1 aromatic heterocycles. The van der Waals surface area contributed by atoms with Crippen LogP contribution in [0.25, 0.3) is 11.1 Å². The molecule has 1 aromatic carbocycles. The van der Waals surface area contributed by atoms with Crippen LogP contribution in [0.2, 0.25) is 0 Å². The lowest BCUT2D eigenvalue weighted by Crippen LogP contribution is -2.08. The van der Waals surface area contributed by atoms with E-state index in [1.54, 1.807) is 6.92 Å².